The molecule has 0 aliphatic rings. The first-order chi connectivity index (χ1) is 7.26. The summed E-state index contributed by atoms with van der Waals surface area (Å²) in [5, 5.41) is 10.3. The van der Waals surface area contributed by atoms with Crippen molar-refractivity contribution in [1.29, 1.82) is 0 Å². The van der Waals surface area contributed by atoms with Crippen molar-refractivity contribution in [2.24, 2.45) is 0 Å². The van der Waals surface area contributed by atoms with Gasteiger partial charge in [0.15, 0.2) is 0 Å². The Balaban J connectivity index is 2.33. The second-order valence-electron chi connectivity index (χ2n) is 3.74. The molecule has 1 aromatic heterocycles. The molecule has 0 spiro atoms. The molecule has 0 fully saturated rings. The van der Waals surface area contributed by atoms with E-state index < -0.39 is 0 Å². The maximum absolute atomic E-state index is 5.73. The number of H-pyrrole nitrogens is 1. The molecule has 0 aliphatic carbocycles. The summed E-state index contributed by atoms with van der Waals surface area (Å²) < 4.78 is 5.73. The minimum atomic E-state index is 0.208. The summed E-state index contributed by atoms with van der Waals surface area (Å²) in [7, 11) is 0. The van der Waals surface area contributed by atoms with E-state index in [1.807, 2.05) is 13.0 Å². The molecule has 1 aromatic rings. The lowest BCUT2D eigenvalue weighted by molar-refractivity contribution is 0.185. The Labute approximate surface area is 91.4 Å². The van der Waals surface area contributed by atoms with E-state index in [0.29, 0.717) is 5.88 Å². The zero-order chi connectivity index (χ0) is 11.1. The molecule has 4 heteroatoms. The highest BCUT2D eigenvalue weighted by Gasteiger charge is 2.08. The molecule has 15 heavy (non-hydrogen) atoms. The number of nitrogens with zero attached hydrogens (tertiary/aromatic N) is 1. The Hall–Kier alpha value is -1.03. The largest absolute Gasteiger partial charge is 0.472 e. The van der Waals surface area contributed by atoms with Crippen molar-refractivity contribution in [1.82, 2.24) is 15.5 Å². The maximum atomic E-state index is 5.73. The quantitative estimate of drug-likeness (QED) is 0.677. The van der Waals surface area contributed by atoms with Crippen LogP contribution in [0.5, 0.6) is 5.88 Å². The average Bonchev–Trinajstić information content (AvgIpc) is 2.63. The minimum Gasteiger partial charge on any atom is -0.472 e. The van der Waals surface area contributed by atoms with Gasteiger partial charge in [0, 0.05) is 18.3 Å². The summed E-state index contributed by atoms with van der Waals surface area (Å²) in [6.45, 7) is 8.18. The smallest absolute Gasteiger partial charge is 0.233 e. The van der Waals surface area contributed by atoms with Gasteiger partial charge in [-0.1, -0.05) is 13.8 Å². The first-order valence-electron chi connectivity index (χ1n) is 5.65. The molecule has 0 saturated heterocycles. The molecule has 1 atom stereocenters. The molecule has 0 amide bonds. The third kappa shape index (κ3) is 4.34. The Bertz CT molecular complexity index is 273. The Morgan fingerprint density at radius 1 is 1.53 bits per heavy atom. The molecule has 0 aliphatic heterocycles. The predicted molar refractivity (Wildman–Crippen MR) is 61.2 cm³/mol. The summed E-state index contributed by atoms with van der Waals surface area (Å²) in [6.07, 6.45) is 2.35. The zero-order valence-corrected chi connectivity index (χ0v) is 9.84. The number of aromatic nitrogens is 2. The summed E-state index contributed by atoms with van der Waals surface area (Å²) in [4.78, 5) is 0. The van der Waals surface area contributed by atoms with E-state index in [-0.39, 0.29) is 6.10 Å². The SMILES string of the molecule is CCCNCC(CC)Oc1cc(C)[nH]n1. The van der Waals surface area contributed by atoms with Crippen LogP contribution in [0, 0.1) is 6.92 Å². The molecule has 1 rings (SSSR count). The second kappa shape index (κ2) is 6.45. The highest BCUT2D eigenvalue weighted by Crippen LogP contribution is 2.10. The second-order valence-corrected chi connectivity index (χ2v) is 3.74. The number of ether oxygens (including phenoxy) is 1. The van der Waals surface area contributed by atoms with E-state index in [1.54, 1.807) is 0 Å². The van der Waals surface area contributed by atoms with E-state index in [4.69, 9.17) is 4.74 Å². The highest BCUT2D eigenvalue weighted by molar-refractivity contribution is 5.12. The molecular formula is C11H21N3O. The topological polar surface area (TPSA) is 49.9 Å². The van der Waals surface area contributed by atoms with E-state index in [9.17, 15) is 0 Å². The monoisotopic (exact) mass is 211 g/mol. The van der Waals surface area contributed by atoms with Gasteiger partial charge in [-0.3, -0.25) is 5.10 Å². The maximum Gasteiger partial charge on any atom is 0.233 e. The van der Waals surface area contributed by atoms with Gasteiger partial charge < -0.3 is 10.1 Å². The van der Waals surface area contributed by atoms with Gasteiger partial charge in [0.2, 0.25) is 5.88 Å². The van der Waals surface area contributed by atoms with Crippen molar-refractivity contribution in [3.63, 3.8) is 0 Å². The van der Waals surface area contributed by atoms with Crippen molar-refractivity contribution in [2.75, 3.05) is 13.1 Å². The fourth-order valence-corrected chi connectivity index (χ4v) is 1.33. The molecule has 1 unspecified atom stereocenters. The van der Waals surface area contributed by atoms with Gasteiger partial charge >= 0.3 is 0 Å². The summed E-state index contributed by atoms with van der Waals surface area (Å²) in [6, 6.07) is 1.92. The number of rotatable bonds is 7. The van der Waals surface area contributed by atoms with Crippen molar-refractivity contribution < 1.29 is 4.74 Å². The molecule has 4 nitrogen and oxygen atoms in total. The van der Waals surface area contributed by atoms with Crippen LogP contribution in [-0.2, 0) is 0 Å². The normalized spacial score (nSPS) is 12.7. The summed E-state index contributed by atoms with van der Waals surface area (Å²) in [5.74, 6) is 0.692. The van der Waals surface area contributed by atoms with Gasteiger partial charge in [-0.05, 0) is 26.3 Å². The van der Waals surface area contributed by atoms with E-state index in [0.717, 1.165) is 31.6 Å². The molecular weight excluding hydrogens is 190 g/mol. The number of nitrogens with one attached hydrogen (secondary N) is 2. The van der Waals surface area contributed by atoms with Crippen LogP contribution < -0.4 is 10.1 Å². The van der Waals surface area contributed by atoms with E-state index in [1.165, 1.54) is 0 Å². The molecule has 0 saturated carbocycles. The van der Waals surface area contributed by atoms with E-state index in [2.05, 4.69) is 29.4 Å². The van der Waals surface area contributed by atoms with Crippen LogP contribution in [0.25, 0.3) is 0 Å². The Morgan fingerprint density at radius 3 is 2.87 bits per heavy atom. The van der Waals surface area contributed by atoms with Gasteiger partial charge in [-0.25, -0.2) is 0 Å². The third-order valence-corrected chi connectivity index (χ3v) is 2.22. The zero-order valence-electron chi connectivity index (χ0n) is 9.84. The fourth-order valence-electron chi connectivity index (χ4n) is 1.33. The van der Waals surface area contributed by atoms with Crippen molar-refractivity contribution in [3.8, 4) is 5.88 Å². The Morgan fingerprint density at radius 2 is 2.33 bits per heavy atom. The Kier molecular flexibility index (Phi) is 5.18. The standard InChI is InChI=1S/C11H21N3O/c1-4-6-12-8-10(5-2)15-11-7-9(3)13-14-11/h7,10,12H,4-6,8H2,1-3H3,(H,13,14). The van der Waals surface area contributed by atoms with Crippen LogP contribution in [0.3, 0.4) is 0 Å². The fraction of sp³-hybridized carbons (Fsp3) is 0.727. The highest BCUT2D eigenvalue weighted by atomic mass is 16.5. The average molecular weight is 211 g/mol. The first-order valence-corrected chi connectivity index (χ1v) is 5.65. The van der Waals surface area contributed by atoms with Crippen LogP contribution in [0.2, 0.25) is 0 Å². The lowest BCUT2D eigenvalue weighted by Crippen LogP contribution is -2.31. The minimum absolute atomic E-state index is 0.208. The molecule has 86 valence electrons. The molecule has 0 bridgehead atoms. The first kappa shape index (κ1) is 12.0. The number of aromatic amines is 1. The van der Waals surface area contributed by atoms with Crippen molar-refractivity contribution in [2.45, 2.75) is 39.7 Å². The van der Waals surface area contributed by atoms with Gasteiger partial charge in [0.05, 0.1) is 0 Å². The molecule has 0 radical (unpaired) electrons. The predicted octanol–water partition coefficient (Wildman–Crippen LogP) is 1.88. The van der Waals surface area contributed by atoms with Crippen LogP contribution in [0.15, 0.2) is 6.07 Å². The van der Waals surface area contributed by atoms with Gasteiger partial charge in [-0.15, -0.1) is 5.10 Å². The van der Waals surface area contributed by atoms with Crippen LogP contribution in [0.1, 0.15) is 32.4 Å². The van der Waals surface area contributed by atoms with Gasteiger partial charge in [0.1, 0.15) is 6.10 Å². The molecule has 0 aromatic carbocycles. The van der Waals surface area contributed by atoms with Crippen LogP contribution in [0.4, 0.5) is 0 Å². The third-order valence-electron chi connectivity index (χ3n) is 2.22. The number of hydrogen-bond acceptors (Lipinski definition) is 3. The number of aryl methyl sites for hydroxylation is 1. The lowest BCUT2D eigenvalue weighted by Gasteiger charge is -2.15. The molecule has 1 heterocycles. The van der Waals surface area contributed by atoms with Gasteiger partial charge in [-0.2, -0.15) is 0 Å². The van der Waals surface area contributed by atoms with E-state index >= 15 is 0 Å². The summed E-state index contributed by atoms with van der Waals surface area (Å²) in [5.41, 5.74) is 1.03. The number of hydrogen-bond donors (Lipinski definition) is 2. The molecule has 2 N–H and O–H groups in total. The van der Waals surface area contributed by atoms with Crippen LogP contribution >= 0.6 is 0 Å². The van der Waals surface area contributed by atoms with Crippen molar-refractivity contribution in [3.05, 3.63) is 11.8 Å². The van der Waals surface area contributed by atoms with Crippen molar-refractivity contribution >= 4 is 0 Å². The van der Waals surface area contributed by atoms with Gasteiger partial charge in [0.25, 0.3) is 0 Å². The van der Waals surface area contributed by atoms with Crippen LogP contribution in [-0.4, -0.2) is 29.4 Å². The lowest BCUT2D eigenvalue weighted by atomic mass is 10.2. The summed E-state index contributed by atoms with van der Waals surface area (Å²) >= 11 is 0.